The number of esters is 1. The molecule has 0 radical (unpaired) electrons. The summed E-state index contributed by atoms with van der Waals surface area (Å²) >= 11 is 3.48. The van der Waals surface area contributed by atoms with Crippen LogP contribution < -0.4 is 14.8 Å². The molecule has 0 saturated heterocycles. The molecule has 0 bridgehead atoms. The minimum Gasteiger partial charge on any atom is -0.493 e. The van der Waals surface area contributed by atoms with E-state index in [9.17, 15) is 4.79 Å². The highest BCUT2D eigenvalue weighted by molar-refractivity contribution is 9.10. The molecule has 21 heavy (non-hydrogen) atoms. The number of halogens is 1. The van der Waals surface area contributed by atoms with E-state index in [2.05, 4.69) is 39.8 Å². The molecular formula is C15H22BrNO4. The van der Waals surface area contributed by atoms with Crippen LogP contribution in [0, 0.1) is 0 Å². The summed E-state index contributed by atoms with van der Waals surface area (Å²) in [5.74, 6) is 0.923. The number of carbonyl (C=O) groups excluding carboxylic acids is 1. The number of rotatable bonds is 8. The zero-order chi connectivity index (χ0) is 15.8. The van der Waals surface area contributed by atoms with E-state index in [0.717, 1.165) is 16.6 Å². The molecule has 5 nitrogen and oxygen atoms in total. The fourth-order valence-corrected chi connectivity index (χ4v) is 2.28. The number of carbonyl (C=O) groups is 1. The molecule has 0 fully saturated rings. The first-order valence-corrected chi connectivity index (χ1v) is 7.56. The van der Waals surface area contributed by atoms with Gasteiger partial charge in [0.05, 0.1) is 31.7 Å². The van der Waals surface area contributed by atoms with Crippen LogP contribution in [0.4, 0.5) is 0 Å². The van der Waals surface area contributed by atoms with Crippen LogP contribution in [0.2, 0.25) is 0 Å². The maximum Gasteiger partial charge on any atom is 0.308 e. The number of ether oxygens (including phenoxy) is 3. The van der Waals surface area contributed by atoms with Crippen molar-refractivity contribution in [3.05, 3.63) is 22.2 Å². The van der Waals surface area contributed by atoms with E-state index in [1.54, 1.807) is 7.11 Å². The second kappa shape index (κ2) is 8.89. The smallest absolute Gasteiger partial charge is 0.308 e. The normalized spacial score (nSPS) is 10.6. The minimum atomic E-state index is -0.303. The Morgan fingerprint density at radius 1 is 1.33 bits per heavy atom. The number of nitrogens with one attached hydrogen (secondary N) is 1. The predicted octanol–water partition coefficient (Wildman–Crippen LogP) is 2.90. The third-order valence-electron chi connectivity index (χ3n) is 2.78. The summed E-state index contributed by atoms with van der Waals surface area (Å²) in [7, 11) is 2.95. The van der Waals surface area contributed by atoms with Gasteiger partial charge >= 0.3 is 5.97 Å². The Labute approximate surface area is 134 Å². The van der Waals surface area contributed by atoms with Crippen LogP contribution in [0.15, 0.2) is 16.6 Å². The first-order valence-electron chi connectivity index (χ1n) is 6.77. The Kier molecular flexibility index (Phi) is 7.53. The molecule has 0 saturated carbocycles. The van der Waals surface area contributed by atoms with Crippen molar-refractivity contribution in [3.8, 4) is 11.5 Å². The SMILES string of the molecule is COC(=O)CCOc1c(Br)cc(CNC(C)C)cc1OC. The summed E-state index contributed by atoms with van der Waals surface area (Å²) in [5.41, 5.74) is 1.09. The summed E-state index contributed by atoms with van der Waals surface area (Å²) < 4.78 is 16.4. The van der Waals surface area contributed by atoms with E-state index >= 15 is 0 Å². The van der Waals surface area contributed by atoms with Crippen molar-refractivity contribution >= 4 is 21.9 Å². The fourth-order valence-electron chi connectivity index (χ4n) is 1.68. The van der Waals surface area contributed by atoms with Gasteiger partial charge in [0.2, 0.25) is 0 Å². The van der Waals surface area contributed by atoms with E-state index < -0.39 is 0 Å². The van der Waals surface area contributed by atoms with Gasteiger partial charge in [0.15, 0.2) is 11.5 Å². The van der Waals surface area contributed by atoms with Crippen molar-refractivity contribution in [1.29, 1.82) is 0 Å². The maximum absolute atomic E-state index is 11.1. The standard InChI is InChI=1S/C15H22BrNO4/c1-10(2)17-9-11-7-12(16)15(13(8-11)19-3)21-6-5-14(18)20-4/h7-8,10,17H,5-6,9H2,1-4H3. The first kappa shape index (κ1) is 17.8. The second-order valence-electron chi connectivity index (χ2n) is 4.82. The molecule has 118 valence electrons. The molecule has 0 spiro atoms. The third kappa shape index (κ3) is 5.93. The number of hydrogen-bond donors (Lipinski definition) is 1. The molecule has 0 amide bonds. The first-order chi connectivity index (χ1) is 9.97. The topological polar surface area (TPSA) is 56.8 Å². The molecule has 0 aliphatic carbocycles. The number of benzene rings is 1. The van der Waals surface area contributed by atoms with Gasteiger partial charge in [-0.05, 0) is 33.6 Å². The van der Waals surface area contributed by atoms with Crippen LogP contribution in [-0.4, -0.2) is 32.8 Å². The summed E-state index contributed by atoms with van der Waals surface area (Å²) in [4.78, 5) is 11.1. The van der Waals surface area contributed by atoms with E-state index in [1.165, 1.54) is 7.11 Å². The molecule has 0 aromatic heterocycles. The molecule has 0 unspecified atom stereocenters. The zero-order valence-corrected chi connectivity index (χ0v) is 14.5. The Morgan fingerprint density at radius 3 is 2.62 bits per heavy atom. The van der Waals surface area contributed by atoms with Crippen LogP contribution >= 0.6 is 15.9 Å². The van der Waals surface area contributed by atoms with Gasteiger partial charge in [-0.15, -0.1) is 0 Å². The van der Waals surface area contributed by atoms with Gasteiger partial charge in [-0.1, -0.05) is 13.8 Å². The summed E-state index contributed by atoms with van der Waals surface area (Å²) in [6, 6.07) is 4.31. The molecule has 6 heteroatoms. The molecule has 1 aromatic carbocycles. The molecule has 0 heterocycles. The van der Waals surface area contributed by atoms with Gasteiger partial charge in [0, 0.05) is 12.6 Å². The highest BCUT2D eigenvalue weighted by Crippen LogP contribution is 2.36. The van der Waals surface area contributed by atoms with Gasteiger partial charge in [-0.3, -0.25) is 4.79 Å². The average Bonchev–Trinajstić information content (AvgIpc) is 2.46. The van der Waals surface area contributed by atoms with Crippen LogP contribution in [0.3, 0.4) is 0 Å². The second-order valence-corrected chi connectivity index (χ2v) is 5.67. The predicted molar refractivity (Wildman–Crippen MR) is 84.8 cm³/mol. The number of methoxy groups -OCH3 is 2. The van der Waals surface area contributed by atoms with E-state index in [1.807, 2.05) is 12.1 Å². The Bertz CT molecular complexity index is 477. The highest BCUT2D eigenvalue weighted by atomic mass is 79.9. The summed E-state index contributed by atoms with van der Waals surface area (Å²) in [5, 5.41) is 3.35. The lowest BCUT2D eigenvalue weighted by Gasteiger charge is -2.15. The van der Waals surface area contributed by atoms with Crippen molar-refractivity contribution < 1.29 is 19.0 Å². The van der Waals surface area contributed by atoms with Crippen LogP contribution in [0.5, 0.6) is 11.5 Å². The van der Waals surface area contributed by atoms with Crippen LogP contribution in [0.1, 0.15) is 25.8 Å². The third-order valence-corrected chi connectivity index (χ3v) is 3.37. The van der Waals surface area contributed by atoms with Crippen LogP contribution in [-0.2, 0) is 16.1 Å². The quantitative estimate of drug-likeness (QED) is 0.723. The zero-order valence-electron chi connectivity index (χ0n) is 12.9. The van der Waals surface area contributed by atoms with E-state index in [0.29, 0.717) is 17.5 Å². The van der Waals surface area contributed by atoms with Gasteiger partial charge in [-0.2, -0.15) is 0 Å². The van der Waals surface area contributed by atoms with Crippen molar-refractivity contribution in [2.75, 3.05) is 20.8 Å². The van der Waals surface area contributed by atoms with Gasteiger partial charge < -0.3 is 19.5 Å². The monoisotopic (exact) mass is 359 g/mol. The summed E-state index contributed by atoms with van der Waals surface area (Å²) in [6.45, 7) is 5.17. The lowest BCUT2D eigenvalue weighted by atomic mass is 10.2. The molecule has 1 aromatic rings. The lowest BCUT2D eigenvalue weighted by Crippen LogP contribution is -2.21. The summed E-state index contributed by atoms with van der Waals surface area (Å²) in [6.07, 6.45) is 0.197. The van der Waals surface area contributed by atoms with Crippen LogP contribution in [0.25, 0.3) is 0 Å². The molecule has 0 aliphatic rings. The molecular weight excluding hydrogens is 338 g/mol. The Balaban J connectivity index is 2.77. The largest absolute Gasteiger partial charge is 0.493 e. The van der Waals surface area contributed by atoms with Crippen molar-refractivity contribution in [1.82, 2.24) is 5.32 Å². The van der Waals surface area contributed by atoms with Crippen molar-refractivity contribution in [2.45, 2.75) is 32.9 Å². The molecule has 0 aliphatic heterocycles. The average molecular weight is 360 g/mol. The highest BCUT2D eigenvalue weighted by Gasteiger charge is 2.12. The fraction of sp³-hybridized carbons (Fsp3) is 0.533. The van der Waals surface area contributed by atoms with Gasteiger partial charge in [0.1, 0.15) is 0 Å². The van der Waals surface area contributed by atoms with Gasteiger partial charge in [-0.25, -0.2) is 0 Å². The minimum absolute atomic E-state index is 0.197. The van der Waals surface area contributed by atoms with Crippen molar-refractivity contribution in [3.63, 3.8) is 0 Å². The number of hydrogen-bond acceptors (Lipinski definition) is 5. The lowest BCUT2D eigenvalue weighted by molar-refractivity contribution is -0.141. The van der Waals surface area contributed by atoms with E-state index in [-0.39, 0.29) is 19.0 Å². The maximum atomic E-state index is 11.1. The molecule has 1 N–H and O–H groups in total. The molecule has 0 atom stereocenters. The van der Waals surface area contributed by atoms with Gasteiger partial charge in [0.25, 0.3) is 0 Å². The van der Waals surface area contributed by atoms with Crippen molar-refractivity contribution in [2.24, 2.45) is 0 Å². The van der Waals surface area contributed by atoms with E-state index in [4.69, 9.17) is 9.47 Å². The Morgan fingerprint density at radius 2 is 2.05 bits per heavy atom. The molecule has 1 rings (SSSR count). The Hall–Kier alpha value is -1.27.